The van der Waals surface area contributed by atoms with Crippen LogP contribution in [0.25, 0.3) is 0 Å². The Hall–Kier alpha value is -0.990. The van der Waals surface area contributed by atoms with Gasteiger partial charge in [-0.1, -0.05) is 26.7 Å². The van der Waals surface area contributed by atoms with Crippen molar-refractivity contribution < 1.29 is 9.90 Å². The average Bonchev–Trinajstić information content (AvgIpc) is 2.03. The van der Waals surface area contributed by atoms with Gasteiger partial charge >= 0.3 is 5.97 Å². The van der Waals surface area contributed by atoms with Gasteiger partial charge < -0.3 is 10.8 Å². The first kappa shape index (κ1) is 12.7. The standard InChI is InChI=1S/C4H7NO2.C4H10/c1-3(2-5)4(6)7;1-3-4-2/h2H,5H2,1H3,(H,6,7);3-4H2,1-2H3/b3-2+;. The maximum atomic E-state index is 9.78. The van der Waals surface area contributed by atoms with Gasteiger partial charge in [-0.25, -0.2) is 4.79 Å². The lowest BCUT2D eigenvalue weighted by Gasteiger charge is -1.84. The molecule has 66 valence electrons. The number of hydrogen-bond donors (Lipinski definition) is 2. The molecule has 0 heterocycles. The fourth-order valence-corrected chi connectivity index (χ4v) is 0.0713. The molecule has 3 heteroatoms. The Bertz CT molecular complexity index is 128. The van der Waals surface area contributed by atoms with Crippen molar-refractivity contribution in [2.24, 2.45) is 5.73 Å². The first-order valence-electron chi connectivity index (χ1n) is 3.71. The molecule has 0 fully saturated rings. The van der Waals surface area contributed by atoms with Crippen LogP contribution in [0, 0.1) is 0 Å². The molecule has 0 saturated carbocycles. The van der Waals surface area contributed by atoms with Crippen LogP contribution in [0.2, 0.25) is 0 Å². The molecule has 0 aliphatic carbocycles. The summed E-state index contributed by atoms with van der Waals surface area (Å²) in [7, 11) is 0. The fraction of sp³-hybridized carbons (Fsp3) is 0.625. The van der Waals surface area contributed by atoms with Gasteiger partial charge in [0.1, 0.15) is 0 Å². The topological polar surface area (TPSA) is 63.3 Å². The molecule has 0 unspecified atom stereocenters. The highest BCUT2D eigenvalue weighted by atomic mass is 16.4. The third-order valence-corrected chi connectivity index (χ3v) is 1.09. The molecule has 0 aromatic carbocycles. The van der Waals surface area contributed by atoms with E-state index in [2.05, 4.69) is 13.8 Å². The first-order chi connectivity index (χ1) is 5.09. The highest BCUT2D eigenvalue weighted by Gasteiger charge is 1.94. The van der Waals surface area contributed by atoms with Crippen LogP contribution >= 0.6 is 0 Å². The predicted octanol–water partition coefficient (Wildman–Crippen LogP) is 1.74. The smallest absolute Gasteiger partial charge is 0.332 e. The van der Waals surface area contributed by atoms with Crippen molar-refractivity contribution in [1.29, 1.82) is 0 Å². The summed E-state index contributed by atoms with van der Waals surface area (Å²) in [6, 6.07) is 0. The van der Waals surface area contributed by atoms with Gasteiger partial charge in [-0.05, 0) is 6.92 Å². The summed E-state index contributed by atoms with van der Waals surface area (Å²) in [5.74, 6) is -0.970. The summed E-state index contributed by atoms with van der Waals surface area (Å²) in [6.45, 7) is 5.79. The monoisotopic (exact) mass is 159 g/mol. The number of rotatable bonds is 2. The highest BCUT2D eigenvalue weighted by Crippen LogP contribution is 1.84. The van der Waals surface area contributed by atoms with Crippen LogP contribution in [0.15, 0.2) is 11.8 Å². The SMILES string of the molecule is C/C(=C\N)C(=O)O.CCCC. The largest absolute Gasteiger partial charge is 0.478 e. The Kier molecular flexibility index (Phi) is 10.4. The van der Waals surface area contributed by atoms with E-state index in [0.717, 1.165) is 6.20 Å². The van der Waals surface area contributed by atoms with Crippen LogP contribution in [-0.4, -0.2) is 11.1 Å². The van der Waals surface area contributed by atoms with Crippen molar-refractivity contribution >= 4 is 5.97 Å². The summed E-state index contributed by atoms with van der Waals surface area (Å²) in [6.07, 6.45) is 3.70. The van der Waals surface area contributed by atoms with E-state index in [0.29, 0.717) is 0 Å². The highest BCUT2D eigenvalue weighted by molar-refractivity contribution is 5.85. The molecular weight excluding hydrogens is 142 g/mol. The number of carboxylic acids is 1. The van der Waals surface area contributed by atoms with Gasteiger partial charge in [0.2, 0.25) is 0 Å². The van der Waals surface area contributed by atoms with Crippen molar-refractivity contribution in [2.75, 3.05) is 0 Å². The van der Waals surface area contributed by atoms with Crippen molar-refractivity contribution in [2.45, 2.75) is 33.6 Å². The molecule has 0 saturated heterocycles. The third kappa shape index (κ3) is 12.3. The van der Waals surface area contributed by atoms with E-state index < -0.39 is 5.97 Å². The number of hydrogen-bond acceptors (Lipinski definition) is 2. The van der Waals surface area contributed by atoms with Gasteiger partial charge in [0.25, 0.3) is 0 Å². The van der Waals surface area contributed by atoms with Gasteiger partial charge in [0, 0.05) is 11.8 Å². The van der Waals surface area contributed by atoms with Crippen molar-refractivity contribution in [3.05, 3.63) is 11.8 Å². The Morgan fingerprint density at radius 1 is 1.45 bits per heavy atom. The maximum absolute atomic E-state index is 9.78. The summed E-state index contributed by atoms with van der Waals surface area (Å²) in [5, 5.41) is 8.03. The van der Waals surface area contributed by atoms with Gasteiger partial charge in [0.15, 0.2) is 0 Å². The lowest BCUT2D eigenvalue weighted by atomic mass is 10.3. The zero-order valence-electron chi connectivity index (χ0n) is 7.42. The minimum absolute atomic E-state index is 0.167. The van der Waals surface area contributed by atoms with E-state index in [9.17, 15) is 4.79 Å². The zero-order chi connectivity index (χ0) is 9.28. The summed E-state index contributed by atoms with van der Waals surface area (Å²) in [4.78, 5) is 9.78. The number of nitrogens with two attached hydrogens (primary N) is 1. The van der Waals surface area contributed by atoms with E-state index in [1.165, 1.54) is 19.8 Å². The van der Waals surface area contributed by atoms with Crippen LogP contribution in [0.1, 0.15) is 33.6 Å². The van der Waals surface area contributed by atoms with Gasteiger partial charge in [-0.15, -0.1) is 0 Å². The first-order valence-corrected chi connectivity index (χ1v) is 3.71. The molecule has 0 aromatic heterocycles. The second-order valence-corrected chi connectivity index (χ2v) is 2.15. The Labute approximate surface area is 67.9 Å². The van der Waals surface area contributed by atoms with Gasteiger partial charge in [-0.3, -0.25) is 0 Å². The lowest BCUT2D eigenvalue weighted by Crippen LogP contribution is -1.98. The Balaban J connectivity index is 0. The lowest BCUT2D eigenvalue weighted by molar-refractivity contribution is -0.132. The molecule has 3 N–H and O–H groups in total. The van der Waals surface area contributed by atoms with Crippen LogP contribution in [-0.2, 0) is 4.79 Å². The summed E-state index contributed by atoms with van der Waals surface area (Å²) >= 11 is 0. The number of aliphatic carboxylic acids is 1. The van der Waals surface area contributed by atoms with E-state index in [-0.39, 0.29) is 5.57 Å². The van der Waals surface area contributed by atoms with Crippen molar-refractivity contribution in [1.82, 2.24) is 0 Å². The van der Waals surface area contributed by atoms with Gasteiger partial charge in [0.05, 0.1) is 0 Å². The second-order valence-electron chi connectivity index (χ2n) is 2.15. The quantitative estimate of drug-likeness (QED) is 0.603. The normalized spacial score (nSPS) is 9.91. The number of unbranched alkanes of at least 4 members (excludes halogenated alkanes) is 1. The van der Waals surface area contributed by atoms with E-state index in [1.54, 1.807) is 0 Å². The van der Waals surface area contributed by atoms with Crippen molar-refractivity contribution in [3.8, 4) is 0 Å². The molecule has 11 heavy (non-hydrogen) atoms. The molecule has 0 bridgehead atoms. The molecule has 0 amide bonds. The van der Waals surface area contributed by atoms with Crippen molar-refractivity contribution in [3.63, 3.8) is 0 Å². The van der Waals surface area contributed by atoms with Crippen LogP contribution in [0.4, 0.5) is 0 Å². The number of carbonyl (C=O) groups is 1. The molecule has 0 aromatic rings. The van der Waals surface area contributed by atoms with E-state index >= 15 is 0 Å². The molecule has 0 atom stereocenters. The minimum atomic E-state index is -0.970. The second kappa shape index (κ2) is 9.01. The molecule has 0 radical (unpaired) electrons. The third-order valence-electron chi connectivity index (χ3n) is 1.09. The van der Waals surface area contributed by atoms with Gasteiger partial charge in [-0.2, -0.15) is 0 Å². The molecular formula is C8H17NO2. The van der Waals surface area contributed by atoms with Crippen LogP contribution in [0.3, 0.4) is 0 Å². The summed E-state index contributed by atoms with van der Waals surface area (Å²) in [5.41, 5.74) is 5.00. The molecule has 3 nitrogen and oxygen atoms in total. The fourth-order valence-electron chi connectivity index (χ4n) is 0.0713. The molecule has 0 spiro atoms. The molecule has 0 aliphatic heterocycles. The van der Waals surface area contributed by atoms with E-state index in [4.69, 9.17) is 10.8 Å². The maximum Gasteiger partial charge on any atom is 0.332 e. The Morgan fingerprint density at radius 3 is 1.82 bits per heavy atom. The average molecular weight is 159 g/mol. The summed E-state index contributed by atoms with van der Waals surface area (Å²) < 4.78 is 0. The molecule has 0 rings (SSSR count). The van der Waals surface area contributed by atoms with Crippen LogP contribution < -0.4 is 5.73 Å². The van der Waals surface area contributed by atoms with Crippen LogP contribution in [0.5, 0.6) is 0 Å². The number of carboxylic acid groups (broad SMARTS) is 1. The zero-order valence-corrected chi connectivity index (χ0v) is 7.42. The Morgan fingerprint density at radius 2 is 1.82 bits per heavy atom. The predicted molar refractivity (Wildman–Crippen MR) is 46.2 cm³/mol. The minimum Gasteiger partial charge on any atom is -0.478 e. The molecule has 0 aliphatic rings. The van der Waals surface area contributed by atoms with E-state index in [1.807, 2.05) is 0 Å².